The lowest BCUT2D eigenvalue weighted by Crippen LogP contribution is -2.42. The Bertz CT molecular complexity index is 1440. The molecule has 0 aliphatic heterocycles. The highest BCUT2D eigenvalue weighted by Crippen LogP contribution is 2.31. The number of carboxylic acids is 1. The average molecular weight is 510 g/mol. The minimum absolute atomic E-state index is 0.0212. The van der Waals surface area contributed by atoms with Gasteiger partial charge in [-0.25, -0.2) is 14.4 Å². The first-order valence-corrected chi connectivity index (χ1v) is 11.7. The van der Waals surface area contributed by atoms with Crippen molar-refractivity contribution in [2.45, 2.75) is 12.5 Å². The Balaban J connectivity index is 1.59. The molecule has 4 rings (SSSR count). The van der Waals surface area contributed by atoms with Crippen LogP contribution in [0.2, 0.25) is 0 Å². The highest BCUT2D eigenvalue weighted by Gasteiger charge is 2.23. The number of esters is 2. The van der Waals surface area contributed by atoms with Crippen molar-refractivity contribution in [3.05, 3.63) is 131 Å². The molecule has 0 aromatic heterocycles. The molecular formula is C30H23NO7. The van der Waals surface area contributed by atoms with Gasteiger partial charge in [0.1, 0.15) is 6.04 Å². The predicted molar refractivity (Wildman–Crippen MR) is 138 cm³/mol. The SMILES string of the molecule is O=C(NC(Cc1ccc(OC(=O)c2ccccc2)c(OC(=O)c2ccccc2)c1)C(=O)O)c1ccccc1. The summed E-state index contributed by atoms with van der Waals surface area (Å²) in [7, 11) is 0. The van der Waals surface area contributed by atoms with Gasteiger partial charge in [-0.1, -0.05) is 60.7 Å². The largest absolute Gasteiger partial charge is 0.480 e. The first-order valence-electron chi connectivity index (χ1n) is 11.7. The molecule has 0 bridgehead atoms. The number of ether oxygens (including phenoxy) is 2. The van der Waals surface area contributed by atoms with E-state index in [0.717, 1.165) is 0 Å². The van der Waals surface area contributed by atoms with E-state index >= 15 is 0 Å². The molecule has 4 aromatic carbocycles. The standard InChI is InChI=1S/C30H23NO7/c32-27(21-10-4-1-5-11-21)31-24(28(33)34)18-20-16-17-25(37-29(35)22-12-6-2-7-13-22)26(19-20)38-30(36)23-14-8-3-9-15-23/h1-17,19,24H,18H2,(H,31,32)(H,33,34). The molecular weight excluding hydrogens is 486 g/mol. The number of hydrogen-bond donors (Lipinski definition) is 2. The van der Waals surface area contributed by atoms with Gasteiger partial charge in [0.15, 0.2) is 11.5 Å². The molecule has 0 saturated heterocycles. The van der Waals surface area contributed by atoms with Crippen LogP contribution in [0.15, 0.2) is 109 Å². The fourth-order valence-electron chi connectivity index (χ4n) is 3.58. The van der Waals surface area contributed by atoms with Crippen LogP contribution in [0, 0.1) is 0 Å². The molecule has 1 atom stereocenters. The Morgan fingerprint density at radius 3 is 1.61 bits per heavy atom. The Labute approximate surface area is 218 Å². The summed E-state index contributed by atoms with van der Waals surface area (Å²) in [6.45, 7) is 0. The molecule has 1 unspecified atom stereocenters. The maximum absolute atomic E-state index is 12.8. The van der Waals surface area contributed by atoms with Crippen molar-refractivity contribution in [3.8, 4) is 11.5 Å². The number of rotatable bonds is 9. The third-order valence-corrected chi connectivity index (χ3v) is 5.51. The van der Waals surface area contributed by atoms with E-state index in [9.17, 15) is 24.3 Å². The van der Waals surface area contributed by atoms with E-state index < -0.39 is 29.9 Å². The lowest BCUT2D eigenvalue weighted by atomic mass is 10.0. The van der Waals surface area contributed by atoms with Crippen LogP contribution in [-0.4, -0.2) is 35.0 Å². The fourth-order valence-corrected chi connectivity index (χ4v) is 3.58. The second-order valence-corrected chi connectivity index (χ2v) is 8.23. The van der Waals surface area contributed by atoms with E-state index in [1.807, 2.05) is 0 Å². The van der Waals surface area contributed by atoms with Crippen LogP contribution in [-0.2, 0) is 11.2 Å². The second kappa shape index (κ2) is 12.1. The highest BCUT2D eigenvalue weighted by atomic mass is 16.6. The van der Waals surface area contributed by atoms with Gasteiger partial charge in [-0.05, 0) is 54.1 Å². The summed E-state index contributed by atoms with van der Waals surface area (Å²) in [4.78, 5) is 49.8. The first kappa shape index (κ1) is 25.8. The van der Waals surface area contributed by atoms with Crippen molar-refractivity contribution in [3.63, 3.8) is 0 Å². The zero-order chi connectivity index (χ0) is 26.9. The smallest absolute Gasteiger partial charge is 0.343 e. The second-order valence-electron chi connectivity index (χ2n) is 8.23. The Morgan fingerprint density at radius 1 is 0.632 bits per heavy atom. The van der Waals surface area contributed by atoms with E-state index in [-0.39, 0.29) is 23.5 Å². The van der Waals surface area contributed by atoms with E-state index in [1.54, 1.807) is 91.0 Å². The molecule has 8 nitrogen and oxygen atoms in total. The van der Waals surface area contributed by atoms with Crippen molar-refractivity contribution in [2.75, 3.05) is 0 Å². The molecule has 4 aromatic rings. The molecule has 0 saturated carbocycles. The van der Waals surface area contributed by atoms with Gasteiger partial charge in [-0.3, -0.25) is 4.79 Å². The summed E-state index contributed by atoms with van der Waals surface area (Å²) in [5.41, 5.74) is 1.32. The summed E-state index contributed by atoms with van der Waals surface area (Å²) in [6.07, 6.45) is -0.114. The topological polar surface area (TPSA) is 119 Å². The summed E-state index contributed by atoms with van der Waals surface area (Å²) < 4.78 is 11.0. The van der Waals surface area contributed by atoms with Gasteiger partial charge < -0.3 is 19.9 Å². The van der Waals surface area contributed by atoms with Crippen LogP contribution in [0.1, 0.15) is 36.6 Å². The zero-order valence-electron chi connectivity index (χ0n) is 20.1. The van der Waals surface area contributed by atoms with Gasteiger partial charge in [0.25, 0.3) is 5.91 Å². The van der Waals surface area contributed by atoms with Crippen LogP contribution in [0.4, 0.5) is 0 Å². The summed E-state index contributed by atoms with van der Waals surface area (Å²) in [5.74, 6) is -3.22. The van der Waals surface area contributed by atoms with E-state index in [0.29, 0.717) is 16.7 Å². The third-order valence-electron chi connectivity index (χ3n) is 5.51. The van der Waals surface area contributed by atoms with Gasteiger partial charge >= 0.3 is 17.9 Å². The van der Waals surface area contributed by atoms with Crippen molar-refractivity contribution < 1.29 is 33.8 Å². The van der Waals surface area contributed by atoms with Crippen molar-refractivity contribution >= 4 is 23.8 Å². The van der Waals surface area contributed by atoms with Gasteiger partial charge in [0, 0.05) is 12.0 Å². The molecule has 0 spiro atoms. The number of carbonyl (C=O) groups excluding carboxylic acids is 3. The maximum atomic E-state index is 12.8. The molecule has 0 heterocycles. The minimum atomic E-state index is -1.27. The van der Waals surface area contributed by atoms with E-state index in [2.05, 4.69) is 5.32 Å². The number of aliphatic carboxylic acids is 1. The fraction of sp³-hybridized carbons (Fsp3) is 0.0667. The zero-order valence-corrected chi connectivity index (χ0v) is 20.1. The molecule has 0 fully saturated rings. The molecule has 0 radical (unpaired) electrons. The number of carboxylic acid groups (broad SMARTS) is 1. The van der Waals surface area contributed by atoms with Crippen molar-refractivity contribution in [1.29, 1.82) is 0 Å². The van der Waals surface area contributed by atoms with Crippen LogP contribution in [0.25, 0.3) is 0 Å². The summed E-state index contributed by atoms with van der Waals surface area (Å²) in [6, 6.07) is 27.9. The maximum Gasteiger partial charge on any atom is 0.343 e. The number of hydrogen-bond acceptors (Lipinski definition) is 6. The molecule has 1 amide bonds. The predicted octanol–water partition coefficient (Wildman–Crippen LogP) is 4.55. The van der Waals surface area contributed by atoms with Gasteiger partial charge in [-0.15, -0.1) is 0 Å². The molecule has 0 aliphatic carbocycles. The van der Waals surface area contributed by atoms with Crippen LogP contribution >= 0.6 is 0 Å². The van der Waals surface area contributed by atoms with E-state index in [1.165, 1.54) is 18.2 Å². The van der Waals surface area contributed by atoms with Gasteiger partial charge in [0.05, 0.1) is 11.1 Å². The summed E-state index contributed by atoms with van der Waals surface area (Å²) >= 11 is 0. The number of carbonyl (C=O) groups is 4. The lowest BCUT2D eigenvalue weighted by molar-refractivity contribution is -0.139. The Kier molecular flexibility index (Phi) is 8.25. The first-order chi connectivity index (χ1) is 18.4. The number of nitrogens with one attached hydrogen (secondary N) is 1. The number of amides is 1. The molecule has 190 valence electrons. The monoisotopic (exact) mass is 509 g/mol. The molecule has 2 N–H and O–H groups in total. The van der Waals surface area contributed by atoms with Gasteiger partial charge in [0.2, 0.25) is 0 Å². The van der Waals surface area contributed by atoms with E-state index in [4.69, 9.17) is 9.47 Å². The molecule has 38 heavy (non-hydrogen) atoms. The van der Waals surface area contributed by atoms with Gasteiger partial charge in [-0.2, -0.15) is 0 Å². The minimum Gasteiger partial charge on any atom is -0.480 e. The quantitative estimate of drug-likeness (QED) is 0.251. The Morgan fingerprint density at radius 2 is 1.11 bits per heavy atom. The lowest BCUT2D eigenvalue weighted by Gasteiger charge is -2.16. The van der Waals surface area contributed by atoms with Crippen molar-refractivity contribution in [1.82, 2.24) is 5.32 Å². The normalized spacial score (nSPS) is 11.2. The van der Waals surface area contributed by atoms with Crippen molar-refractivity contribution in [2.24, 2.45) is 0 Å². The average Bonchev–Trinajstić information content (AvgIpc) is 2.95. The molecule has 0 aliphatic rings. The van der Waals surface area contributed by atoms with Crippen LogP contribution in [0.5, 0.6) is 11.5 Å². The van der Waals surface area contributed by atoms with Crippen LogP contribution < -0.4 is 14.8 Å². The third kappa shape index (κ3) is 6.70. The summed E-state index contributed by atoms with van der Waals surface area (Å²) in [5, 5.41) is 12.2. The Hall–Kier alpha value is -5.24. The van der Waals surface area contributed by atoms with Crippen LogP contribution in [0.3, 0.4) is 0 Å². The number of benzene rings is 4. The highest BCUT2D eigenvalue weighted by molar-refractivity contribution is 5.96. The molecule has 8 heteroatoms.